The van der Waals surface area contributed by atoms with Crippen LogP contribution in [0.3, 0.4) is 0 Å². The fraction of sp³-hybridized carbons (Fsp3) is 0.429. The van der Waals surface area contributed by atoms with Crippen LogP contribution in [-0.2, 0) is 0 Å². The third-order valence-corrected chi connectivity index (χ3v) is 3.22. The second-order valence-corrected chi connectivity index (χ2v) is 4.25. The Balaban J connectivity index is 2.24. The summed E-state index contributed by atoms with van der Waals surface area (Å²) in [5.74, 6) is 0.781. The van der Waals surface area contributed by atoms with Crippen molar-refractivity contribution in [3.63, 3.8) is 0 Å². The molecule has 0 heterocycles. The van der Waals surface area contributed by atoms with Gasteiger partial charge in [0.1, 0.15) is 0 Å². The van der Waals surface area contributed by atoms with Crippen molar-refractivity contribution in [3.05, 3.63) is 41.5 Å². The van der Waals surface area contributed by atoms with E-state index in [0.29, 0.717) is 6.54 Å². The minimum Gasteiger partial charge on any atom is -0.327 e. The van der Waals surface area contributed by atoms with E-state index in [4.69, 9.17) is 5.73 Å². The molecule has 1 heteroatoms. The molecule has 1 aromatic carbocycles. The summed E-state index contributed by atoms with van der Waals surface area (Å²) in [6, 6.07) is 8.72. The molecule has 0 unspecified atom stereocenters. The average Bonchev–Trinajstić information content (AvgIpc) is 2.80. The van der Waals surface area contributed by atoms with Crippen LogP contribution in [0.4, 0.5) is 0 Å². The van der Waals surface area contributed by atoms with Crippen LogP contribution in [-0.4, -0.2) is 6.54 Å². The summed E-state index contributed by atoms with van der Waals surface area (Å²) < 4.78 is 0. The van der Waals surface area contributed by atoms with E-state index in [1.807, 2.05) is 6.08 Å². The number of hydrogen-bond acceptors (Lipinski definition) is 1. The SMILES string of the molecule is NC/C=C/c1ccccc1C1CCCC1. The third-order valence-electron chi connectivity index (χ3n) is 3.22. The minimum absolute atomic E-state index is 0.624. The first-order chi connectivity index (χ1) is 7.42. The van der Waals surface area contributed by atoms with Gasteiger partial charge in [-0.2, -0.15) is 0 Å². The molecule has 0 spiro atoms. The Kier molecular flexibility index (Phi) is 3.57. The van der Waals surface area contributed by atoms with E-state index in [0.717, 1.165) is 5.92 Å². The van der Waals surface area contributed by atoms with E-state index in [1.54, 1.807) is 0 Å². The van der Waals surface area contributed by atoms with Crippen molar-refractivity contribution in [1.82, 2.24) is 0 Å². The largest absolute Gasteiger partial charge is 0.327 e. The van der Waals surface area contributed by atoms with Crippen LogP contribution < -0.4 is 5.73 Å². The van der Waals surface area contributed by atoms with Crippen molar-refractivity contribution < 1.29 is 0 Å². The summed E-state index contributed by atoms with van der Waals surface area (Å²) in [7, 11) is 0. The summed E-state index contributed by atoms with van der Waals surface area (Å²) in [5.41, 5.74) is 8.36. The van der Waals surface area contributed by atoms with Crippen LogP contribution in [0.15, 0.2) is 30.3 Å². The molecule has 80 valence electrons. The van der Waals surface area contributed by atoms with Gasteiger partial charge >= 0.3 is 0 Å². The first-order valence-corrected chi connectivity index (χ1v) is 5.87. The van der Waals surface area contributed by atoms with Gasteiger partial charge in [0.15, 0.2) is 0 Å². The lowest BCUT2D eigenvalue weighted by atomic mass is 9.93. The monoisotopic (exact) mass is 201 g/mol. The molecular weight excluding hydrogens is 182 g/mol. The quantitative estimate of drug-likeness (QED) is 0.797. The van der Waals surface area contributed by atoms with Crippen molar-refractivity contribution in [1.29, 1.82) is 0 Å². The normalized spacial score (nSPS) is 17.7. The zero-order valence-corrected chi connectivity index (χ0v) is 9.15. The topological polar surface area (TPSA) is 26.0 Å². The molecule has 0 atom stereocenters. The van der Waals surface area contributed by atoms with E-state index in [9.17, 15) is 0 Å². The van der Waals surface area contributed by atoms with Gasteiger partial charge in [-0.25, -0.2) is 0 Å². The lowest BCUT2D eigenvalue weighted by Crippen LogP contribution is -1.96. The van der Waals surface area contributed by atoms with Crippen molar-refractivity contribution in [2.45, 2.75) is 31.6 Å². The lowest BCUT2D eigenvalue weighted by molar-refractivity contribution is 0.722. The molecule has 15 heavy (non-hydrogen) atoms. The van der Waals surface area contributed by atoms with Crippen LogP contribution in [0, 0.1) is 0 Å². The van der Waals surface area contributed by atoms with E-state index in [1.165, 1.54) is 36.8 Å². The second-order valence-electron chi connectivity index (χ2n) is 4.25. The maximum atomic E-state index is 5.49. The summed E-state index contributed by atoms with van der Waals surface area (Å²) in [6.07, 6.45) is 9.68. The Labute approximate surface area is 92.0 Å². The molecule has 1 aromatic rings. The first-order valence-electron chi connectivity index (χ1n) is 5.87. The Morgan fingerprint density at radius 2 is 1.93 bits per heavy atom. The summed E-state index contributed by atoms with van der Waals surface area (Å²) >= 11 is 0. The molecule has 1 aliphatic rings. The van der Waals surface area contributed by atoms with E-state index >= 15 is 0 Å². The zero-order valence-electron chi connectivity index (χ0n) is 9.15. The average molecular weight is 201 g/mol. The number of hydrogen-bond donors (Lipinski definition) is 1. The fourth-order valence-electron chi connectivity index (χ4n) is 2.47. The van der Waals surface area contributed by atoms with Crippen LogP contribution in [0.5, 0.6) is 0 Å². The molecule has 0 aromatic heterocycles. The van der Waals surface area contributed by atoms with E-state index < -0.39 is 0 Å². The standard InChI is InChI=1S/C14H19N/c15-11-5-9-13-8-3-4-10-14(13)12-6-1-2-7-12/h3-5,8-10,12H,1-2,6-7,11,15H2/b9-5+. The molecule has 0 radical (unpaired) electrons. The molecule has 0 bridgehead atoms. The highest BCUT2D eigenvalue weighted by molar-refractivity contribution is 5.55. The van der Waals surface area contributed by atoms with Crippen molar-refractivity contribution >= 4 is 6.08 Å². The Hall–Kier alpha value is -1.08. The van der Waals surface area contributed by atoms with Gasteiger partial charge in [-0.1, -0.05) is 49.3 Å². The third kappa shape index (κ3) is 2.48. The second kappa shape index (κ2) is 5.13. The minimum atomic E-state index is 0.624. The van der Waals surface area contributed by atoms with Crippen LogP contribution in [0.2, 0.25) is 0 Å². The lowest BCUT2D eigenvalue weighted by Gasteiger charge is -2.12. The highest BCUT2D eigenvalue weighted by Gasteiger charge is 2.18. The maximum absolute atomic E-state index is 5.49. The van der Waals surface area contributed by atoms with Crippen LogP contribution in [0.1, 0.15) is 42.7 Å². The van der Waals surface area contributed by atoms with Gasteiger partial charge in [0, 0.05) is 6.54 Å². The zero-order chi connectivity index (χ0) is 10.5. The van der Waals surface area contributed by atoms with Crippen LogP contribution >= 0.6 is 0 Å². The van der Waals surface area contributed by atoms with Gasteiger partial charge in [-0.3, -0.25) is 0 Å². The maximum Gasteiger partial charge on any atom is 0.0110 e. The highest BCUT2D eigenvalue weighted by Crippen LogP contribution is 2.35. The summed E-state index contributed by atoms with van der Waals surface area (Å²) in [4.78, 5) is 0. The molecular formula is C14H19N. The van der Waals surface area contributed by atoms with Gasteiger partial charge in [-0.05, 0) is 29.9 Å². The van der Waals surface area contributed by atoms with Crippen molar-refractivity contribution in [2.24, 2.45) is 5.73 Å². The van der Waals surface area contributed by atoms with Gasteiger partial charge in [0.25, 0.3) is 0 Å². The van der Waals surface area contributed by atoms with Gasteiger partial charge in [0.2, 0.25) is 0 Å². The molecule has 2 N–H and O–H groups in total. The highest BCUT2D eigenvalue weighted by atomic mass is 14.5. The predicted octanol–water partition coefficient (Wildman–Crippen LogP) is 3.32. The molecule has 0 amide bonds. The number of benzene rings is 1. The molecule has 1 saturated carbocycles. The Bertz CT molecular complexity index is 335. The van der Waals surface area contributed by atoms with Gasteiger partial charge in [0.05, 0.1) is 0 Å². The predicted molar refractivity (Wildman–Crippen MR) is 65.7 cm³/mol. The number of nitrogens with two attached hydrogens (primary N) is 1. The Morgan fingerprint density at radius 1 is 1.20 bits per heavy atom. The molecule has 1 nitrogen and oxygen atoms in total. The summed E-state index contributed by atoms with van der Waals surface area (Å²) in [5, 5.41) is 0. The smallest absolute Gasteiger partial charge is 0.0110 e. The summed E-state index contributed by atoms with van der Waals surface area (Å²) in [6.45, 7) is 0.624. The van der Waals surface area contributed by atoms with Crippen LogP contribution in [0.25, 0.3) is 6.08 Å². The van der Waals surface area contributed by atoms with Gasteiger partial charge in [-0.15, -0.1) is 0 Å². The molecule has 0 saturated heterocycles. The van der Waals surface area contributed by atoms with E-state index in [2.05, 4.69) is 30.3 Å². The molecule has 0 aliphatic heterocycles. The van der Waals surface area contributed by atoms with E-state index in [-0.39, 0.29) is 0 Å². The Morgan fingerprint density at radius 3 is 2.67 bits per heavy atom. The first kappa shape index (κ1) is 10.4. The van der Waals surface area contributed by atoms with Crippen molar-refractivity contribution in [3.8, 4) is 0 Å². The number of rotatable bonds is 3. The fourth-order valence-corrected chi connectivity index (χ4v) is 2.47. The van der Waals surface area contributed by atoms with Gasteiger partial charge < -0.3 is 5.73 Å². The molecule has 1 aliphatic carbocycles. The molecule has 1 fully saturated rings. The molecule has 2 rings (SSSR count). The van der Waals surface area contributed by atoms with Crippen molar-refractivity contribution in [2.75, 3.05) is 6.54 Å².